The molecule has 43 heavy (non-hydrogen) atoms. The third-order valence-electron chi connectivity index (χ3n) is 7.21. The Morgan fingerprint density at radius 2 is 1.44 bits per heavy atom. The average molecular weight is 639 g/mol. The molecule has 7 nitrogen and oxygen atoms in total. The zero-order chi connectivity index (χ0) is 31.1. The molecule has 0 saturated heterocycles. The minimum absolute atomic E-state index is 0.0175. The maximum absolute atomic E-state index is 14.4. The van der Waals surface area contributed by atoms with Crippen LogP contribution in [0.5, 0.6) is 0 Å². The van der Waals surface area contributed by atoms with Crippen molar-refractivity contribution in [3.63, 3.8) is 0 Å². The number of rotatable bonds is 11. The molecule has 0 aromatic heterocycles. The Hall–Kier alpha value is -3.85. The molecule has 4 aromatic rings. The van der Waals surface area contributed by atoms with Crippen LogP contribution in [0.25, 0.3) is 0 Å². The fraction of sp³-hybridized carbons (Fsp3) is 0.212. The van der Waals surface area contributed by atoms with Crippen molar-refractivity contribution in [2.24, 2.45) is 0 Å². The second-order valence-electron chi connectivity index (χ2n) is 10.1. The summed E-state index contributed by atoms with van der Waals surface area (Å²) in [4.78, 5) is 29.2. The molecule has 1 atom stereocenters. The minimum atomic E-state index is -4.23. The summed E-state index contributed by atoms with van der Waals surface area (Å²) >= 11 is 12.9. The second kappa shape index (κ2) is 14.1. The van der Waals surface area contributed by atoms with Crippen molar-refractivity contribution in [3.05, 3.63) is 129 Å². The van der Waals surface area contributed by atoms with E-state index in [0.29, 0.717) is 21.2 Å². The van der Waals surface area contributed by atoms with E-state index in [4.69, 9.17) is 23.2 Å². The van der Waals surface area contributed by atoms with Crippen molar-refractivity contribution >= 4 is 50.7 Å². The summed E-state index contributed by atoms with van der Waals surface area (Å²) in [5.74, 6) is -0.976. The minimum Gasteiger partial charge on any atom is -0.357 e. The average Bonchev–Trinajstić information content (AvgIpc) is 3.00. The highest BCUT2D eigenvalue weighted by molar-refractivity contribution is 7.92. The molecule has 224 valence electrons. The summed E-state index contributed by atoms with van der Waals surface area (Å²) in [6.45, 7) is 2.96. The predicted molar refractivity (Wildman–Crippen MR) is 172 cm³/mol. The van der Waals surface area contributed by atoms with E-state index in [0.717, 1.165) is 15.4 Å². The number of hydrogen-bond acceptors (Lipinski definition) is 4. The SMILES string of the molecule is CNC(=O)[C@@H](Cc1ccccc1)N(Cc1ccccc1Cl)C(=O)CN(c1cccc(Cl)c1C)S(=O)(=O)c1ccc(C)cc1. The molecule has 4 rings (SSSR count). The summed E-state index contributed by atoms with van der Waals surface area (Å²) in [5.41, 5.74) is 3.10. The zero-order valence-electron chi connectivity index (χ0n) is 24.1. The largest absolute Gasteiger partial charge is 0.357 e. The molecular formula is C33H33Cl2N3O4S. The van der Waals surface area contributed by atoms with Crippen molar-refractivity contribution in [2.75, 3.05) is 17.9 Å². The van der Waals surface area contributed by atoms with Gasteiger partial charge in [-0.3, -0.25) is 13.9 Å². The lowest BCUT2D eigenvalue weighted by Crippen LogP contribution is -2.53. The highest BCUT2D eigenvalue weighted by Crippen LogP contribution is 2.31. The van der Waals surface area contributed by atoms with Gasteiger partial charge < -0.3 is 10.2 Å². The molecular weight excluding hydrogens is 605 g/mol. The van der Waals surface area contributed by atoms with Crippen LogP contribution < -0.4 is 9.62 Å². The van der Waals surface area contributed by atoms with Crippen LogP contribution in [-0.2, 0) is 32.6 Å². The number of carbonyl (C=O) groups excluding carboxylic acids is 2. The number of carbonyl (C=O) groups is 2. The maximum Gasteiger partial charge on any atom is 0.264 e. The molecule has 10 heteroatoms. The molecule has 0 bridgehead atoms. The standard InChI is InChI=1S/C33H33Cl2N3O4S/c1-23-16-18-27(19-17-23)43(41,42)38(30-15-9-14-28(34)24(30)2)22-32(39)37(21-26-12-7-8-13-29(26)35)31(33(40)36-3)20-25-10-5-4-6-11-25/h4-19,31H,20-22H2,1-3H3,(H,36,40)/t31-/m1/s1. The zero-order valence-corrected chi connectivity index (χ0v) is 26.5. The third kappa shape index (κ3) is 7.57. The maximum atomic E-state index is 14.4. The Morgan fingerprint density at radius 3 is 2.09 bits per heavy atom. The molecule has 0 spiro atoms. The summed E-state index contributed by atoms with van der Waals surface area (Å²) < 4.78 is 29.3. The Morgan fingerprint density at radius 1 is 0.814 bits per heavy atom. The highest BCUT2D eigenvalue weighted by Gasteiger charge is 2.35. The molecule has 1 N–H and O–H groups in total. The number of benzene rings is 4. The van der Waals surface area contributed by atoms with E-state index >= 15 is 0 Å². The van der Waals surface area contributed by atoms with Crippen molar-refractivity contribution in [1.82, 2.24) is 10.2 Å². The van der Waals surface area contributed by atoms with Crippen LogP contribution >= 0.6 is 23.2 Å². The number of aryl methyl sites for hydroxylation is 1. The van der Waals surface area contributed by atoms with E-state index in [-0.39, 0.29) is 23.5 Å². The van der Waals surface area contributed by atoms with Gasteiger partial charge in [-0.15, -0.1) is 0 Å². The molecule has 0 unspecified atom stereocenters. The Kier molecular flexibility index (Phi) is 10.5. The molecule has 0 aliphatic carbocycles. The number of sulfonamides is 1. The van der Waals surface area contributed by atoms with Gasteiger partial charge in [0.25, 0.3) is 10.0 Å². The topological polar surface area (TPSA) is 86.8 Å². The van der Waals surface area contributed by atoms with Gasteiger partial charge in [0.1, 0.15) is 12.6 Å². The Bertz CT molecular complexity index is 1700. The van der Waals surface area contributed by atoms with Gasteiger partial charge in [-0.1, -0.05) is 95.5 Å². The molecule has 0 saturated carbocycles. The molecule has 0 heterocycles. The summed E-state index contributed by atoms with van der Waals surface area (Å²) in [6.07, 6.45) is 0.206. The van der Waals surface area contributed by atoms with Gasteiger partial charge in [0.05, 0.1) is 10.6 Å². The molecule has 4 aromatic carbocycles. The Labute approximate surface area is 263 Å². The number of likely N-dealkylation sites (N-methyl/N-ethyl adjacent to an activating group) is 1. The summed E-state index contributed by atoms with van der Waals surface area (Å²) in [6, 6.07) is 26.7. The van der Waals surface area contributed by atoms with E-state index in [1.54, 1.807) is 61.5 Å². The van der Waals surface area contributed by atoms with Gasteiger partial charge in [-0.25, -0.2) is 8.42 Å². The van der Waals surface area contributed by atoms with Gasteiger partial charge in [-0.2, -0.15) is 0 Å². The first kappa shape index (κ1) is 32.1. The smallest absolute Gasteiger partial charge is 0.264 e. The number of anilines is 1. The molecule has 0 aliphatic rings. The highest BCUT2D eigenvalue weighted by atomic mass is 35.5. The third-order valence-corrected chi connectivity index (χ3v) is 9.76. The van der Waals surface area contributed by atoms with Crippen LogP contribution in [0.3, 0.4) is 0 Å². The van der Waals surface area contributed by atoms with E-state index in [2.05, 4.69) is 5.32 Å². The van der Waals surface area contributed by atoms with Gasteiger partial charge >= 0.3 is 0 Å². The molecule has 0 fully saturated rings. The molecule has 0 aliphatic heterocycles. The van der Waals surface area contributed by atoms with Gasteiger partial charge in [0.2, 0.25) is 11.8 Å². The lowest BCUT2D eigenvalue weighted by Gasteiger charge is -2.34. The van der Waals surface area contributed by atoms with E-state index in [1.807, 2.05) is 37.3 Å². The molecule has 0 radical (unpaired) electrons. The van der Waals surface area contributed by atoms with Crippen LogP contribution in [0.4, 0.5) is 5.69 Å². The van der Waals surface area contributed by atoms with E-state index in [1.165, 1.54) is 24.1 Å². The monoisotopic (exact) mass is 637 g/mol. The van der Waals surface area contributed by atoms with Gasteiger partial charge in [-0.05, 0) is 60.9 Å². The number of amides is 2. The van der Waals surface area contributed by atoms with Crippen LogP contribution in [-0.4, -0.2) is 44.8 Å². The van der Waals surface area contributed by atoms with Gasteiger partial charge in [0.15, 0.2) is 0 Å². The fourth-order valence-corrected chi connectivity index (χ4v) is 6.58. The number of hydrogen-bond donors (Lipinski definition) is 1. The first-order chi connectivity index (χ1) is 20.5. The van der Waals surface area contributed by atoms with Crippen molar-refractivity contribution in [2.45, 2.75) is 37.8 Å². The fourth-order valence-electron chi connectivity index (χ4n) is 4.75. The van der Waals surface area contributed by atoms with Crippen molar-refractivity contribution in [1.29, 1.82) is 0 Å². The van der Waals surface area contributed by atoms with E-state index < -0.39 is 34.4 Å². The summed E-state index contributed by atoms with van der Waals surface area (Å²) in [5, 5.41) is 3.45. The number of halogens is 2. The van der Waals surface area contributed by atoms with Crippen molar-refractivity contribution < 1.29 is 18.0 Å². The van der Waals surface area contributed by atoms with Gasteiger partial charge in [0, 0.05) is 30.1 Å². The van der Waals surface area contributed by atoms with Crippen LogP contribution in [0.2, 0.25) is 10.0 Å². The first-order valence-electron chi connectivity index (χ1n) is 13.7. The van der Waals surface area contributed by atoms with E-state index in [9.17, 15) is 18.0 Å². The lowest BCUT2D eigenvalue weighted by molar-refractivity contribution is -0.139. The quantitative estimate of drug-likeness (QED) is 0.212. The number of nitrogens with one attached hydrogen (secondary N) is 1. The van der Waals surface area contributed by atoms with Crippen LogP contribution in [0.1, 0.15) is 22.3 Å². The predicted octanol–water partition coefficient (Wildman–Crippen LogP) is 6.19. The normalized spacial score (nSPS) is 11.9. The Balaban J connectivity index is 1.83. The second-order valence-corrected chi connectivity index (χ2v) is 12.8. The van der Waals surface area contributed by atoms with Crippen molar-refractivity contribution in [3.8, 4) is 0 Å². The van der Waals surface area contributed by atoms with Crippen LogP contribution in [0.15, 0.2) is 102 Å². The van der Waals surface area contributed by atoms with Crippen LogP contribution in [0, 0.1) is 13.8 Å². The number of nitrogens with zero attached hydrogens (tertiary/aromatic N) is 2. The lowest BCUT2D eigenvalue weighted by atomic mass is 10.0. The molecule has 2 amide bonds. The first-order valence-corrected chi connectivity index (χ1v) is 15.9. The summed E-state index contributed by atoms with van der Waals surface area (Å²) in [7, 11) is -2.73.